The van der Waals surface area contributed by atoms with E-state index in [2.05, 4.69) is 10.3 Å². The second-order valence-electron chi connectivity index (χ2n) is 3.08. The fraction of sp³-hybridized carbons (Fsp3) is 0. The molecular formula is C10H6F2N2O2S. The fourth-order valence-corrected chi connectivity index (χ4v) is 1.80. The van der Waals surface area contributed by atoms with Crippen molar-refractivity contribution < 1.29 is 18.7 Å². The molecule has 0 atom stereocenters. The van der Waals surface area contributed by atoms with Crippen molar-refractivity contribution in [2.75, 3.05) is 5.32 Å². The monoisotopic (exact) mass is 256 g/mol. The maximum absolute atomic E-state index is 13.3. The zero-order valence-corrected chi connectivity index (χ0v) is 9.09. The molecule has 1 aromatic carbocycles. The Morgan fingerprint density at radius 1 is 1.41 bits per heavy atom. The minimum atomic E-state index is -1.10. The van der Waals surface area contributed by atoms with Crippen LogP contribution in [0.25, 0.3) is 0 Å². The van der Waals surface area contributed by atoms with Crippen molar-refractivity contribution in [1.29, 1.82) is 0 Å². The van der Waals surface area contributed by atoms with Crippen molar-refractivity contribution in [3.05, 3.63) is 40.9 Å². The van der Waals surface area contributed by atoms with Gasteiger partial charge in [0.15, 0.2) is 5.13 Å². The summed E-state index contributed by atoms with van der Waals surface area (Å²) in [5.41, 5.74) is 0.0395. The first-order chi connectivity index (χ1) is 8.06. The number of nitrogens with one attached hydrogen (secondary N) is 1. The van der Waals surface area contributed by atoms with Crippen LogP contribution >= 0.6 is 11.3 Å². The molecule has 4 nitrogen and oxygen atoms in total. The molecule has 0 fully saturated rings. The van der Waals surface area contributed by atoms with E-state index in [1.807, 2.05) is 0 Å². The Morgan fingerprint density at radius 3 is 2.76 bits per heavy atom. The van der Waals surface area contributed by atoms with E-state index < -0.39 is 17.6 Å². The Morgan fingerprint density at radius 2 is 2.18 bits per heavy atom. The molecule has 2 N–H and O–H groups in total. The lowest BCUT2D eigenvalue weighted by Gasteiger charge is -2.03. The van der Waals surface area contributed by atoms with Crippen LogP contribution in [0.1, 0.15) is 9.67 Å². The molecule has 0 unspecified atom stereocenters. The van der Waals surface area contributed by atoms with Crippen molar-refractivity contribution in [3.8, 4) is 0 Å². The molecule has 2 rings (SSSR count). The molecule has 17 heavy (non-hydrogen) atoms. The van der Waals surface area contributed by atoms with Gasteiger partial charge in [-0.2, -0.15) is 0 Å². The van der Waals surface area contributed by atoms with Crippen LogP contribution in [-0.2, 0) is 0 Å². The predicted octanol–water partition coefficient (Wildman–Crippen LogP) is 2.86. The van der Waals surface area contributed by atoms with Crippen molar-refractivity contribution in [1.82, 2.24) is 4.98 Å². The molecule has 1 aromatic heterocycles. The fourth-order valence-electron chi connectivity index (χ4n) is 1.14. The highest BCUT2D eigenvalue weighted by Gasteiger charge is 2.10. The van der Waals surface area contributed by atoms with E-state index >= 15 is 0 Å². The molecule has 0 spiro atoms. The van der Waals surface area contributed by atoms with E-state index in [0.29, 0.717) is 0 Å². The molecule has 0 saturated carbocycles. The quantitative estimate of drug-likeness (QED) is 0.886. The Hall–Kier alpha value is -2.02. The summed E-state index contributed by atoms with van der Waals surface area (Å²) in [6, 6.07) is 3.04. The van der Waals surface area contributed by atoms with Crippen LogP contribution in [0.2, 0.25) is 0 Å². The molecule has 0 aliphatic heterocycles. The summed E-state index contributed by atoms with van der Waals surface area (Å²) in [5, 5.41) is 11.5. The molecule has 0 amide bonds. The highest BCUT2D eigenvalue weighted by atomic mass is 32.1. The van der Waals surface area contributed by atoms with Crippen molar-refractivity contribution in [2.45, 2.75) is 0 Å². The van der Waals surface area contributed by atoms with Gasteiger partial charge in [0.2, 0.25) is 0 Å². The highest BCUT2D eigenvalue weighted by Crippen LogP contribution is 2.24. The zero-order chi connectivity index (χ0) is 12.4. The molecule has 88 valence electrons. The van der Waals surface area contributed by atoms with Gasteiger partial charge in [-0.3, -0.25) is 0 Å². The van der Waals surface area contributed by atoms with Crippen LogP contribution in [0.15, 0.2) is 24.4 Å². The van der Waals surface area contributed by atoms with Crippen LogP contribution in [0.5, 0.6) is 0 Å². The topological polar surface area (TPSA) is 62.2 Å². The summed E-state index contributed by atoms with van der Waals surface area (Å²) in [7, 11) is 0. The molecule has 1 heterocycles. The average molecular weight is 256 g/mol. The molecule has 0 radical (unpaired) electrons. The number of aromatic nitrogens is 1. The molecule has 0 bridgehead atoms. The first kappa shape index (κ1) is 11.5. The maximum Gasteiger partial charge on any atom is 0.347 e. The molecular weight excluding hydrogens is 250 g/mol. The van der Waals surface area contributed by atoms with Crippen molar-refractivity contribution in [2.24, 2.45) is 0 Å². The smallest absolute Gasteiger partial charge is 0.347 e. The lowest BCUT2D eigenvalue weighted by Crippen LogP contribution is -1.93. The van der Waals surface area contributed by atoms with Gasteiger partial charge in [-0.05, 0) is 12.1 Å². The Labute approximate surface area is 98.6 Å². The SMILES string of the molecule is O=C(O)c1cnc(Nc2ccc(F)cc2F)s1. The number of carbonyl (C=O) groups is 1. The zero-order valence-electron chi connectivity index (χ0n) is 8.28. The van der Waals surface area contributed by atoms with Crippen LogP contribution in [0.4, 0.5) is 19.6 Å². The van der Waals surface area contributed by atoms with Gasteiger partial charge < -0.3 is 10.4 Å². The van der Waals surface area contributed by atoms with Crippen LogP contribution in [-0.4, -0.2) is 16.1 Å². The number of hydrogen-bond acceptors (Lipinski definition) is 4. The van der Waals surface area contributed by atoms with E-state index in [1.165, 1.54) is 6.07 Å². The Balaban J connectivity index is 2.22. The number of aromatic carboxylic acids is 1. The van der Waals surface area contributed by atoms with Crippen molar-refractivity contribution >= 4 is 28.1 Å². The number of benzene rings is 1. The van der Waals surface area contributed by atoms with E-state index in [0.717, 1.165) is 29.7 Å². The highest BCUT2D eigenvalue weighted by molar-refractivity contribution is 7.17. The van der Waals surface area contributed by atoms with E-state index in [4.69, 9.17) is 5.11 Å². The first-order valence-corrected chi connectivity index (χ1v) is 5.29. The van der Waals surface area contributed by atoms with Gasteiger partial charge in [0.25, 0.3) is 0 Å². The number of nitrogens with zero attached hydrogens (tertiary/aromatic N) is 1. The maximum atomic E-state index is 13.3. The number of hydrogen-bond donors (Lipinski definition) is 2. The number of halogens is 2. The number of thiazole rings is 1. The predicted molar refractivity (Wildman–Crippen MR) is 58.7 cm³/mol. The van der Waals surface area contributed by atoms with Crippen LogP contribution in [0, 0.1) is 11.6 Å². The van der Waals surface area contributed by atoms with Gasteiger partial charge in [-0.1, -0.05) is 11.3 Å². The molecule has 0 aliphatic rings. The van der Waals surface area contributed by atoms with E-state index in [-0.39, 0.29) is 15.7 Å². The average Bonchev–Trinajstić information content (AvgIpc) is 2.71. The van der Waals surface area contributed by atoms with Gasteiger partial charge in [-0.25, -0.2) is 18.6 Å². The Kier molecular flexibility index (Phi) is 3.01. The molecule has 7 heteroatoms. The summed E-state index contributed by atoms with van der Waals surface area (Å²) in [5.74, 6) is -2.55. The van der Waals surface area contributed by atoms with Gasteiger partial charge in [-0.15, -0.1) is 0 Å². The normalized spacial score (nSPS) is 10.2. The first-order valence-electron chi connectivity index (χ1n) is 4.47. The molecule has 2 aromatic rings. The molecule has 0 aliphatic carbocycles. The van der Waals surface area contributed by atoms with E-state index in [1.54, 1.807) is 0 Å². The third-order valence-corrected chi connectivity index (χ3v) is 2.79. The third kappa shape index (κ3) is 2.56. The summed E-state index contributed by atoms with van der Waals surface area (Å²) in [4.78, 5) is 14.4. The van der Waals surface area contributed by atoms with Crippen LogP contribution in [0.3, 0.4) is 0 Å². The van der Waals surface area contributed by atoms with Gasteiger partial charge in [0, 0.05) is 6.07 Å². The van der Waals surface area contributed by atoms with Crippen LogP contribution < -0.4 is 5.32 Å². The number of carboxylic acid groups (broad SMARTS) is 1. The third-order valence-electron chi connectivity index (χ3n) is 1.89. The van der Waals surface area contributed by atoms with E-state index in [9.17, 15) is 13.6 Å². The lowest BCUT2D eigenvalue weighted by molar-refractivity contribution is 0.0702. The van der Waals surface area contributed by atoms with Gasteiger partial charge >= 0.3 is 5.97 Å². The van der Waals surface area contributed by atoms with Gasteiger partial charge in [0.1, 0.15) is 16.5 Å². The van der Waals surface area contributed by atoms with Gasteiger partial charge in [0.05, 0.1) is 11.9 Å². The number of anilines is 2. The standard InChI is InChI=1S/C10H6F2N2O2S/c11-5-1-2-7(6(12)3-5)14-10-13-4-8(17-10)9(15)16/h1-4H,(H,13,14)(H,15,16). The van der Waals surface area contributed by atoms with Crippen molar-refractivity contribution in [3.63, 3.8) is 0 Å². The largest absolute Gasteiger partial charge is 0.477 e. The second-order valence-corrected chi connectivity index (χ2v) is 4.11. The molecule has 0 saturated heterocycles. The lowest BCUT2D eigenvalue weighted by atomic mass is 10.3. The minimum absolute atomic E-state index is 0.0371. The second kappa shape index (κ2) is 4.46. The number of rotatable bonds is 3. The number of carboxylic acids is 1. The summed E-state index contributed by atoms with van der Waals surface area (Å²) >= 11 is 0.867. The summed E-state index contributed by atoms with van der Waals surface area (Å²) in [6.07, 6.45) is 1.16. The Bertz CT molecular complexity index is 571. The summed E-state index contributed by atoms with van der Waals surface area (Å²) < 4.78 is 25.9. The minimum Gasteiger partial charge on any atom is -0.477 e. The summed E-state index contributed by atoms with van der Waals surface area (Å²) in [6.45, 7) is 0.